The Balaban J connectivity index is 1.79. The Morgan fingerprint density at radius 1 is 1.08 bits per heavy atom. The molecule has 1 aliphatic rings. The lowest BCUT2D eigenvalue weighted by Crippen LogP contribution is -2.48. The van der Waals surface area contributed by atoms with E-state index in [1.165, 1.54) is 6.92 Å². The maximum atomic E-state index is 12.1. The van der Waals surface area contributed by atoms with Gasteiger partial charge in [0.05, 0.1) is 12.6 Å². The summed E-state index contributed by atoms with van der Waals surface area (Å²) in [5.41, 5.74) is 0.672. The minimum absolute atomic E-state index is 0.0153. The van der Waals surface area contributed by atoms with Gasteiger partial charge in [0.1, 0.15) is 13.3 Å². The van der Waals surface area contributed by atoms with Crippen LogP contribution in [-0.4, -0.2) is 44.0 Å². The summed E-state index contributed by atoms with van der Waals surface area (Å²) in [4.78, 5) is 23.1. The van der Waals surface area contributed by atoms with Crippen LogP contribution in [0.25, 0.3) is 0 Å². The van der Waals surface area contributed by atoms with Gasteiger partial charge in [0.2, 0.25) is 0 Å². The van der Waals surface area contributed by atoms with Crippen molar-refractivity contribution in [2.75, 3.05) is 19.9 Å². The van der Waals surface area contributed by atoms with Gasteiger partial charge in [-0.1, -0.05) is 51.1 Å². The molecule has 5 unspecified atom stereocenters. The first kappa shape index (κ1) is 20.6. The van der Waals surface area contributed by atoms with Crippen molar-refractivity contribution in [3.8, 4) is 0 Å². The van der Waals surface area contributed by atoms with Crippen LogP contribution in [0, 0.1) is 17.8 Å². The van der Waals surface area contributed by atoms with Crippen LogP contribution in [0.3, 0.4) is 0 Å². The summed E-state index contributed by atoms with van der Waals surface area (Å²) in [5.74, 6) is 0.523. The molecular weight excluding hydrogens is 334 g/mol. The highest BCUT2D eigenvalue weighted by molar-refractivity contribution is 5.97. The van der Waals surface area contributed by atoms with E-state index in [0.29, 0.717) is 11.5 Å². The number of rotatable bonds is 8. The SMILES string of the molecule is CC(=O)OCC1OC(OCNCC(=O)c2ccccc2)C(C)C(C)C1C. The summed E-state index contributed by atoms with van der Waals surface area (Å²) in [6.07, 6.45) is -0.595. The van der Waals surface area contributed by atoms with Gasteiger partial charge in [0.15, 0.2) is 12.1 Å². The van der Waals surface area contributed by atoms with Crippen molar-refractivity contribution < 1.29 is 23.8 Å². The highest BCUT2D eigenvalue weighted by atomic mass is 16.7. The zero-order chi connectivity index (χ0) is 19.1. The van der Waals surface area contributed by atoms with E-state index in [9.17, 15) is 9.59 Å². The molecule has 0 saturated carbocycles. The number of nitrogens with one attached hydrogen (secondary N) is 1. The van der Waals surface area contributed by atoms with Crippen LogP contribution < -0.4 is 5.32 Å². The fourth-order valence-corrected chi connectivity index (χ4v) is 3.10. The zero-order valence-electron chi connectivity index (χ0n) is 15.9. The molecule has 0 aliphatic carbocycles. The largest absolute Gasteiger partial charge is 0.463 e. The predicted molar refractivity (Wildman–Crippen MR) is 97.5 cm³/mol. The van der Waals surface area contributed by atoms with Gasteiger partial charge in [0, 0.05) is 18.4 Å². The molecule has 1 heterocycles. The maximum Gasteiger partial charge on any atom is 0.302 e. The summed E-state index contributed by atoms with van der Waals surface area (Å²) in [6.45, 7) is 8.38. The van der Waals surface area contributed by atoms with Gasteiger partial charge in [-0.25, -0.2) is 0 Å². The molecule has 0 amide bonds. The first-order valence-corrected chi connectivity index (χ1v) is 9.09. The van der Waals surface area contributed by atoms with Crippen LogP contribution in [0.1, 0.15) is 38.1 Å². The van der Waals surface area contributed by atoms with Gasteiger partial charge in [0.25, 0.3) is 0 Å². The molecule has 1 N–H and O–H groups in total. The molecule has 5 atom stereocenters. The number of hydrogen-bond donors (Lipinski definition) is 1. The summed E-state index contributed by atoms with van der Waals surface area (Å²) in [5, 5.41) is 3.01. The highest BCUT2D eigenvalue weighted by Crippen LogP contribution is 2.35. The van der Waals surface area contributed by atoms with E-state index in [1.807, 2.05) is 18.2 Å². The average Bonchev–Trinajstić information content (AvgIpc) is 2.64. The van der Waals surface area contributed by atoms with Crippen molar-refractivity contribution in [2.45, 2.75) is 40.1 Å². The smallest absolute Gasteiger partial charge is 0.302 e. The topological polar surface area (TPSA) is 73.9 Å². The number of carbonyl (C=O) groups excluding carboxylic acids is 2. The second-order valence-corrected chi connectivity index (χ2v) is 6.95. The lowest BCUT2D eigenvalue weighted by Gasteiger charge is -2.43. The third kappa shape index (κ3) is 5.62. The second kappa shape index (κ2) is 9.80. The molecule has 2 rings (SSSR count). The van der Waals surface area contributed by atoms with E-state index >= 15 is 0 Å². The van der Waals surface area contributed by atoms with Gasteiger partial charge in [-0.2, -0.15) is 0 Å². The number of hydrogen-bond acceptors (Lipinski definition) is 6. The molecule has 1 aromatic rings. The molecule has 0 spiro atoms. The van der Waals surface area contributed by atoms with Crippen molar-refractivity contribution in [1.29, 1.82) is 0 Å². The van der Waals surface area contributed by atoms with Crippen molar-refractivity contribution in [3.05, 3.63) is 35.9 Å². The molecule has 0 radical (unpaired) electrons. The standard InChI is InChI=1S/C20H29NO5/c1-13-14(2)19(11-24-16(4)22)26-20(15(13)3)25-12-21-10-18(23)17-8-6-5-7-9-17/h5-9,13-15,19-21H,10-12H2,1-4H3. The van der Waals surface area contributed by atoms with Gasteiger partial charge in [-0.05, 0) is 11.8 Å². The molecular formula is C20H29NO5. The Labute approximate surface area is 155 Å². The lowest BCUT2D eigenvalue weighted by atomic mass is 9.79. The monoisotopic (exact) mass is 363 g/mol. The number of carbonyl (C=O) groups is 2. The molecule has 1 fully saturated rings. The van der Waals surface area contributed by atoms with E-state index in [1.54, 1.807) is 12.1 Å². The Morgan fingerprint density at radius 2 is 1.77 bits per heavy atom. The van der Waals surface area contributed by atoms with Crippen LogP contribution in [0.4, 0.5) is 0 Å². The molecule has 1 aliphatic heterocycles. The van der Waals surface area contributed by atoms with Crippen LogP contribution in [-0.2, 0) is 19.0 Å². The Morgan fingerprint density at radius 3 is 2.42 bits per heavy atom. The zero-order valence-corrected chi connectivity index (χ0v) is 15.9. The van der Waals surface area contributed by atoms with E-state index in [-0.39, 0.29) is 49.6 Å². The molecule has 144 valence electrons. The quantitative estimate of drug-likeness (QED) is 0.331. The molecule has 6 heteroatoms. The predicted octanol–water partition coefficient (Wildman–Crippen LogP) is 2.63. The minimum atomic E-state index is -0.402. The number of ketones is 1. The lowest BCUT2D eigenvalue weighted by molar-refractivity contribution is -0.257. The number of esters is 1. The van der Waals surface area contributed by atoms with Crippen LogP contribution in [0.5, 0.6) is 0 Å². The second-order valence-electron chi connectivity index (χ2n) is 6.95. The van der Waals surface area contributed by atoms with Crippen LogP contribution in [0.2, 0.25) is 0 Å². The molecule has 0 aromatic heterocycles. The van der Waals surface area contributed by atoms with E-state index in [4.69, 9.17) is 14.2 Å². The fourth-order valence-electron chi connectivity index (χ4n) is 3.10. The third-order valence-electron chi connectivity index (χ3n) is 5.17. The van der Waals surface area contributed by atoms with Gasteiger partial charge in [-0.15, -0.1) is 0 Å². The van der Waals surface area contributed by atoms with Crippen molar-refractivity contribution in [1.82, 2.24) is 5.32 Å². The van der Waals surface area contributed by atoms with E-state index in [2.05, 4.69) is 26.1 Å². The van der Waals surface area contributed by atoms with Crippen molar-refractivity contribution in [2.24, 2.45) is 17.8 Å². The average molecular weight is 363 g/mol. The van der Waals surface area contributed by atoms with Gasteiger partial charge >= 0.3 is 5.97 Å². The summed E-state index contributed by atoms with van der Waals surface area (Å²) in [7, 11) is 0. The van der Waals surface area contributed by atoms with E-state index in [0.717, 1.165) is 0 Å². The van der Waals surface area contributed by atoms with Gasteiger partial charge in [-0.3, -0.25) is 14.9 Å². The maximum absolute atomic E-state index is 12.1. The molecule has 6 nitrogen and oxygen atoms in total. The summed E-state index contributed by atoms with van der Waals surface area (Å²) >= 11 is 0. The molecule has 1 aromatic carbocycles. The van der Waals surface area contributed by atoms with Crippen molar-refractivity contribution in [3.63, 3.8) is 0 Å². The number of Topliss-reactive ketones (excluding diaryl/α,β-unsaturated/α-hetero) is 1. The first-order chi connectivity index (χ1) is 12.4. The number of benzene rings is 1. The Bertz CT molecular complexity index is 591. The summed E-state index contributed by atoms with van der Waals surface area (Å²) in [6, 6.07) is 9.14. The molecule has 0 bridgehead atoms. The number of ether oxygens (including phenoxy) is 3. The normalized spacial score (nSPS) is 28.5. The van der Waals surface area contributed by atoms with Gasteiger partial charge < -0.3 is 14.2 Å². The van der Waals surface area contributed by atoms with Crippen molar-refractivity contribution >= 4 is 11.8 Å². The summed E-state index contributed by atoms with van der Waals surface area (Å²) < 4.78 is 16.9. The Hall–Kier alpha value is -1.76. The van der Waals surface area contributed by atoms with E-state index < -0.39 is 6.29 Å². The first-order valence-electron chi connectivity index (χ1n) is 9.09. The molecule has 26 heavy (non-hydrogen) atoms. The molecule has 1 saturated heterocycles. The Kier molecular flexibility index (Phi) is 7.75. The fraction of sp³-hybridized carbons (Fsp3) is 0.600. The minimum Gasteiger partial charge on any atom is -0.463 e. The highest BCUT2D eigenvalue weighted by Gasteiger charge is 2.40. The third-order valence-corrected chi connectivity index (χ3v) is 5.17. The van der Waals surface area contributed by atoms with Crippen LogP contribution >= 0.6 is 0 Å². The van der Waals surface area contributed by atoms with Crippen LogP contribution in [0.15, 0.2) is 30.3 Å².